The van der Waals surface area contributed by atoms with Gasteiger partial charge >= 0.3 is 0 Å². The van der Waals surface area contributed by atoms with Crippen molar-refractivity contribution in [2.75, 3.05) is 11.1 Å². The van der Waals surface area contributed by atoms with E-state index in [1.165, 1.54) is 11.8 Å². The van der Waals surface area contributed by atoms with E-state index >= 15 is 0 Å². The van der Waals surface area contributed by atoms with Gasteiger partial charge in [-0.2, -0.15) is 5.26 Å². The number of H-pyrrole nitrogens is 1. The maximum absolute atomic E-state index is 11.9. The van der Waals surface area contributed by atoms with Gasteiger partial charge < -0.3 is 5.32 Å². The quantitative estimate of drug-likeness (QED) is 0.693. The van der Waals surface area contributed by atoms with Gasteiger partial charge in [0.25, 0.3) is 0 Å². The van der Waals surface area contributed by atoms with Crippen molar-refractivity contribution in [3.63, 3.8) is 0 Å². The summed E-state index contributed by atoms with van der Waals surface area (Å²) >= 11 is 1.24. The number of benzene rings is 1. The number of amides is 1. The van der Waals surface area contributed by atoms with Gasteiger partial charge in [-0.3, -0.25) is 14.9 Å². The number of aromatic nitrogens is 4. The lowest BCUT2D eigenvalue weighted by atomic mass is 10.2. The molecule has 1 amide bonds. The zero-order chi connectivity index (χ0) is 16.8. The number of hydrogen-bond acceptors (Lipinski definition) is 6. The molecule has 118 valence electrons. The first-order chi connectivity index (χ1) is 11.7. The van der Waals surface area contributed by atoms with Crippen LogP contribution in [0.4, 0.5) is 5.69 Å². The lowest BCUT2D eigenvalue weighted by molar-refractivity contribution is -0.113. The van der Waals surface area contributed by atoms with Crippen LogP contribution in [0.3, 0.4) is 0 Å². The standard InChI is InChI=1S/C16H12N6OS/c17-9-11-1-3-13(4-2-11)19-14(23)10-24-16-20-15(21-22-16)12-5-7-18-8-6-12/h1-8H,10H2,(H,19,23)(H,20,21,22). The SMILES string of the molecule is N#Cc1ccc(NC(=O)CSc2n[nH]c(-c3ccncc3)n2)cc1. The summed E-state index contributed by atoms with van der Waals surface area (Å²) < 4.78 is 0. The normalized spacial score (nSPS) is 10.1. The van der Waals surface area contributed by atoms with Crippen LogP contribution in [-0.2, 0) is 4.79 Å². The van der Waals surface area contributed by atoms with Crippen LogP contribution in [0.2, 0.25) is 0 Å². The number of anilines is 1. The van der Waals surface area contributed by atoms with E-state index in [9.17, 15) is 4.79 Å². The van der Waals surface area contributed by atoms with Crippen LogP contribution in [-0.4, -0.2) is 31.8 Å². The molecule has 0 aliphatic rings. The van der Waals surface area contributed by atoms with Crippen LogP contribution in [0.5, 0.6) is 0 Å². The molecule has 2 N–H and O–H groups in total. The number of nitrogens with zero attached hydrogens (tertiary/aromatic N) is 4. The van der Waals surface area contributed by atoms with E-state index in [-0.39, 0.29) is 11.7 Å². The summed E-state index contributed by atoms with van der Waals surface area (Å²) in [5.41, 5.74) is 2.07. The molecule has 8 heteroatoms. The van der Waals surface area contributed by atoms with Gasteiger partial charge in [-0.25, -0.2) is 4.98 Å². The first kappa shape index (κ1) is 15.7. The van der Waals surface area contributed by atoms with E-state index in [4.69, 9.17) is 5.26 Å². The number of pyridine rings is 1. The predicted molar refractivity (Wildman–Crippen MR) is 90.1 cm³/mol. The van der Waals surface area contributed by atoms with E-state index < -0.39 is 0 Å². The molecule has 7 nitrogen and oxygen atoms in total. The van der Waals surface area contributed by atoms with Crippen LogP contribution in [0.1, 0.15) is 5.56 Å². The molecule has 0 atom stereocenters. The lowest BCUT2D eigenvalue weighted by Gasteiger charge is -2.03. The molecule has 0 unspecified atom stereocenters. The Labute approximate surface area is 142 Å². The molecule has 0 radical (unpaired) electrons. The zero-order valence-corrected chi connectivity index (χ0v) is 13.2. The Hall–Kier alpha value is -3.18. The molecule has 0 aliphatic heterocycles. The summed E-state index contributed by atoms with van der Waals surface area (Å²) in [6.07, 6.45) is 3.35. The van der Waals surface area contributed by atoms with Crippen molar-refractivity contribution in [1.82, 2.24) is 20.2 Å². The molecule has 24 heavy (non-hydrogen) atoms. The predicted octanol–water partition coefficient (Wildman–Crippen LogP) is 2.47. The molecule has 2 heterocycles. The van der Waals surface area contributed by atoms with Crippen LogP contribution < -0.4 is 5.32 Å². The largest absolute Gasteiger partial charge is 0.325 e. The smallest absolute Gasteiger partial charge is 0.234 e. The van der Waals surface area contributed by atoms with Crippen LogP contribution in [0.15, 0.2) is 53.9 Å². The Morgan fingerprint density at radius 2 is 1.96 bits per heavy atom. The molecule has 0 fully saturated rings. The molecule has 3 rings (SSSR count). The molecule has 1 aromatic carbocycles. The highest BCUT2D eigenvalue weighted by molar-refractivity contribution is 7.99. The number of nitriles is 1. The van der Waals surface area contributed by atoms with E-state index in [0.717, 1.165) is 5.56 Å². The summed E-state index contributed by atoms with van der Waals surface area (Å²) in [5, 5.41) is 18.9. The Morgan fingerprint density at radius 3 is 2.67 bits per heavy atom. The second kappa shape index (κ2) is 7.39. The Kier molecular flexibility index (Phi) is 4.84. The van der Waals surface area contributed by atoms with E-state index in [2.05, 4.69) is 25.5 Å². The first-order valence-corrected chi connectivity index (χ1v) is 7.99. The Balaban J connectivity index is 1.55. The fraction of sp³-hybridized carbons (Fsp3) is 0.0625. The van der Waals surface area contributed by atoms with Crippen molar-refractivity contribution >= 4 is 23.4 Å². The third-order valence-corrected chi connectivity index (χ3v) is 3.90. The molecule has 0 aliphatic carbocycles. The third-order valence-electron chi connectivity index (χ3n) is 3.05. The number of hydrogen-bond donors (Lipinski definition) is 2. The van der Waals surface area contributed by atoms with Gasteiger partial charge in [0.05, 0.1) is 17.4 Å². The number of nitrogens with one attached hydrogen (secondary N) is 2. The number of carbonyl (C=O) groups excluding carboxylic acids is 1. The highest BCUT2D eigenvalue weighted by atomic mass is 32.2. The number of carbonyl (C=O) groups is 1. The summed E-state index contributed by atoms with van der Waals surface area (Å²) in [6.45, 7) is 0. The topological polar surface area (TPSA) is 107 Å². The first-order valence-electron chi connectivity index (χ1n) is 7.00. The summed E-state index contributed by atoms with van der Waals surface area (Å²) in [4.78, 5) is 20.2. The minimum atomic E-state index is -0.167. The van der Waals surface area contributed by atoms with Crippen LogP contribution >= 0.6 is 11.8 Å². The number of rotatable bonds is 5. The maximum Gasteiger partial charge on any atom is 0.234 e. The second-order valence-electron chi connectivity index (χ2n) is 4.73. The number of aromatic amines is 1. The van der Waals surface area contributed by atoms with Gasteiger partial charge in [0.1, 0.15) is 0 Å². The molecule has 2 aromatic heterocycles. The van der Waals surface area contributed by atoms with E-state index in [0.29, 0.717) is 22.2 Å². The second-order valence-corrected chi connectivity index (χ2v) is 5.67. The van der Waals surface area contributed by atoms with Gasteiger partial charge in [-0.15, -0.1) is 5.10 Å². The summed E-state index contributed by atoms with van der Waals surface area (Å²) in [6, 6.07) is 12.4. The Morgan fingerprint density at radius 1 is 1.21 bits per heavy atom. The molecule has 0 saturated carbocycles. The number of thioether (sulfide) groups is 1. The monoisotopic (exact) mass is 336 g/mol. The fourth-order valence-corrected chi connectivity index (χ4v) is 2.50. The summed E-state index contributed by atoms with van der Waals surface area (Å²) in [5.74, 6) is 0.653. The molecule has 0 spiro atoms. The fourth-order valence-electron chi connectivity index (χ4n) is 1.91. The zero-order valence-electron chi connectivity index (χ0n) is 12.4. The highest BCUT2D eigenvalue weighted by Crippen LogP contribution is 2.18. The lowest BCUT2D eigenvalue weighted by Crippen LogP contribution is -2.14. The van der Waals surface area contributed by atoms with Gasteiger partial charge in [0.15, 0.2) is 5.82 Å². The van der Waals surface area contributed by atoms with E-state index in [1.54, 1.807) is 36.7 Å². The van der Waals surface area contributed by atoms with Crippen molar-refractivity contribution < 1.29 is 4.79 Å². The van der Waals surface area contributed by atoms with Gasteiger partial charge in [0.2, 0.25) is 11.1 Å². The van der Waals surface area contributed by atoms with E-state index in [1.807, 2.05) is 18.2 Å². The molecular formula is C16H12N6OS. The average molecular weight is 336 g/mol. The third kappa shape index (κ3) is 3.97. The van der Waals surface area contributed by atoms with Crippen LogP contribution in [0, 0.1) is 11.3 Å². The highest BCUT2D eigenvalue weighted by Gasteiger charge is 2.09. The van der Waals surface area contributed by atoms with Gasteiger partial charge in [-0.1, -0.05) is 11.8 Å². The van der Waals surface area contributed by atoms with Crippen molar-refractivity contribution in [2.45, 2.75) is 5.16 Å². The maximum atomic E-state index is 11.9. The van der Waals surface area contributed by atoms with Crippen molar-refractivity contribution in [1.29, 1.82) is 5.26 Å². The van der Waals surface area contributed by atoms with Crippen molar-refractivity contribution in [2.24, 2.45) is 0 Å². The van der Waals surface area contributed by atoms with Gasteiger partial charge in [0, 0.05) is 23.6 Å². The molecule has 3 aromatic rings. The van der Waals surface area contributed by atoms with Crippen molar-refractivity contribution in [3.8, 4) is 17.5 Å². The van der Waals surface area contributed by atoms with Crippen molar-refractivity contribution in [3.05, 3.63) is 54.4 Å². The molecule has 0 saturated heterocycles. The van der Waals surface area contributed by atoms with Gasteiger partial charge in [-0.05, 0) is 36.4 Å². The summed E-state index contributed by atoms with van der Waals surface area (Å²) in [7, 11) is 0. The minimum absolute atomic E-state index is 0.167. The minimum Gasteiger partial charge on any atom is -0.325 e. The molecule has 0 bridgehead atoms. The molecular weight excluding hydrogens is 324 g/mol. The van der Waals surface area contributed by atoms with Crippen LogP contribution in [0.25, 0.3) is 11.4 Å². The average Bonchev–Trinajstić information content (AvgIpc) is 3.10. The Bertz CT molecular complexity index is 870.